The van der Waals surface area contributed by atoms with E-state index in [1.54, 1.807) is 12.1 Å². The van der Waals surface area contributed by atoms with E-state index < -0.39 is 0 Å². The lowest BCUT2D eigenvalue weighted by Gasteiger charge is -2.26. The number of carbonyl (C=O) groups excluding carboxylic acids is 2. The molecule has 0 aliphatic heterocycles. The first-order valence-corrected chi connectivity index (χ1v) is 9.86. The molecule has 0 radical (unpaired) electrons. The Labute approximate surface area is 161 Å². The molecular weight excluding hydrogens is 336 g/mol. The molecule has 1 atom stereocenters. The predicted molar refractivity (Wildman–Crippen MR) is 107 cm³/mol. The summed E-state index contributed by atoms with van der Waals surface area (Å²) in [6, 6.07) is 18.6. The van der Waals surface area contributed by atoms with Gasteiger partial charge in [0, 0.05) is 18.7 Å². The summed E-state index contributed by atoms with van der Waals surface area (Å²) >= 11 is 0. The molecule has 1 aliphatic rings. The summed E-state index contributed by atoms with van der Waals surface area (Å²) < 4.78 is 0. The summed E-state index contributed by atoms with van der Waals surface area (Å²) in [6.45, 7) is 3.73. The van der Waals surface area contributed by atoms with E-state index in [9.17, 15) is 9.59 Å². The molecule has 2 amide bonds. The predicted octanol–water partition coefficient (Wildman–Crippen LogP) is 4.20. The van der Waals surface area contributed by atoms with Crippen molar-refractivity contribution in [1.82, 2.24) is 10.2 Å². The molecule has 3 rings (SSSR count). The molecule has 1 fully saturated rings. The van der Waals surface area contributed by atoms with Crippen molar-refractivity contribution in [3.05, 3.63) is 71.8 Å². The van der Waals surface area contributed by atoms with E-state index in [2.05, 4.69) is 12.2 Å². The van der Waals surface area contributed by atoms with E-state index in [1.165, 1.54) is 12.8 Å². The van der Waals surface area contributed by atoms with Crippen LogP contribution in [-0.2, 0) is 4.79 Å². The Morgan fingerprint density at radius 1 is 1.04 bits per heavy atom. The topological polar surface area (TPSA) is 49.4 Å². The third kappa shape index (κ3) is 5.68. The van der Waals surface area contributed by atoms with Crippen molar-refractivity contribution in [2.75, 3.05) is 13.1 Å². The number of hydrogen-bond acceptors (Lipinski definition) is 2. The second kappa shape index (κ2) is 9.36. The number of carbonyl (C=O) groups is 2. The quantitative estimate of drug-likeness (QED) is 0.725. The van der Waals surface area contributed by atoms with Crippen molar-refractivity contribution in [2.24, 2.45) is 5.92 Å². The molecule has 4 heteroatoms. The number of nitrogens with one attached hydrogen (secondary N) is 1. The van der Waals surface area contributed by atoms with Crippen LogP contribution in [0.25, 0.3) is 0 Å². The fraction of sp³-hybridized carbons (Fsp3) is 0.391. The number of hydrogen-bond donors (Lipinski definition) is 1. The van der Waals surface area contributed by atoms with Gasteiger partial charge >= 0.3 is 0 Å². The zero-order valence-electron chi connectivity index (χ0n) is 15.9. The molecule has 0 heterocycles. The van der Waals surface area contributed by atoms with Crippen LogP contribution in [0.15, 0.2) is 60.7 Å². The van der Waals surface area contributed by atoms with E-state index in [4.69, 9.17) is 0 Å². The Kier molecular flexibility index (Phi) is 6.64. The lowest BCUT2D eigenvalue weighted by atomic mass is 10.0. The molecule has 0 saturated heterocycles. The van der Waals surface area contributed by atoms with Crippen molar-refractivity contribution in [3.63, 3.8) is 0 Å². The van der Waals surface area contributed by atoms with Crippen molar-refractivity contribution in [3.8, 4) is 0 Å². The summed E-state index contributed by atoms with van der Waals surface area (Å²) in [5.41, 5.74) is 1.56. The molecular formula is C23H28N2O2. The van der Waals surface area contributed by atoms with Crippen LogP contribution < -0.4 is 5.32 Å². The molecule has 1 N–H and O–H groups in total. The van der Waals surface area contributed by atoms with E-state index in [0.29, 0.717) is 11.5 Å². The lowest BCUT2D eigenvalue weighted by molar-refractivity contribution is -0.132. The minimum Gasteiger partial charge on any atom is -0.345 e. The standard InChI is InChI=1S/C23H28N2O2/c1-2-15-25(17-18-13-14-18)22(26)16-21(19-9-5-3-6-10-19)24-23(27)20-11-7-4-8-12-20/h3-12,18,21H,2,13-17H2,1H3,(H,24,27). The zero-order valence-corrected chi connectivity index (χ0v) is 15.9. The first-order valence-electron chi connectivity index (χ1n) is 9.86. The van der Waals surface area contributed by atoms with Crippen LogP contribution in [0, 0.1) is 5.92 Å². The van der Waals surface area contributed by atoms with Crippen molar-refractivity contribution >= 4 is 11.8 Å². The summed E-state index contributed by atoms with van der Waals surface area (Å²) in [5, 5.41) is 3.06. The Morgan fingerprint density at radius 2 is 1.67 bits per heavy atom. The maximum Gasteiger partial charge on any atom is 0.251 e. The second-order valence-corrected chi connectivity index (χ2v) is 7.29. The summed E-state index contributed by atoms with van der Waals surface area (Å²) in [7, 11) is 0. The van der Waals surface area contributed by atoms with Crippen molar-refractivity contribution in [1.29, 1.82) is 0 Å². The average Bonchev–Trinajstić information content (AvgIpc) is 3.52. The van der Waals surface area contributed by atoms with E-state index >= 15 is 0 Å². The van der Waals surface area contributed by atoms with Crippen LogP contribution in [0.1, 0.15) is 54.6 Å². The fourth-order valence-electron chi connectivity index (χ4n) is 3.27. The van der Waals surface area contributed by atoms with Gasteiger partial charge in [0.1, 0.15) is 0 Å². The van der Waals surface area contributed by atoms with Gasteiger partial charge in [-0.25, -0.2) is 0 Å². The summed E-state index contributed by atoms with van der Waals surface area (Å²) in [6.07, 6.45) is 3.68. The Morgan fingerprint density at radius 3 is 2.26 bits per heavy atom. The van der Waals surface area contributed by atoms with Crippen LogP contribution in [0.3, 0.4) is 0 Å². The van der Waals surface area contributed by atoms with Gasteiger partial charge in [-0.15, -0.1) is 0 Å². The highest BCUT2D eigenvalue weighted by molar-refractivity contribution is 5.94. The van der Waals surface area contributed by atoms with E-state index in [0.717, 1.165) is 25.1 Å². The highest BCUT2D eigenvalue weighted by Crippen LogP contribution is 2.30. The number of nitrogens with zero attached hydrogens (tertiary/aromatic N) is 1. The van der Waals surface area contributed by atoms with Crippen LogP contribution in [-0.4, -0.2) is 29.8 Å². The zero-order chi connectivity index (χ0) is 19.1. The average molecular weight is 364 g/mol. The molecule has 1 aliphatic carbocycles. The molecule has 27 heavy (non-hydrogen) atoms. The maximum absolute atomic E-state index is 13.0. The molecule has 0 aromatic heterocycles. The van der Waals surface area contributed by atoms with Crippen LogP contribution in [0.5, 0.6) is 0 Å². The van der Waals surface area contributed by atoms with Crippen LogP contribution in [0.2, 0.25) is 0 Å². The fourth-order valence-corrected chi connectivity index (χ4v) is 3.27. The third-order valence-corrected chi connectivity index (χ3v) is 4.94. The van der Waals surface area contributed by atoms with E-state index in [1.807, 2.05) is 53.4 Å². The van der Waals surface area contributed by atoms with Crippen LogP contribution >= 0.6 is 0 Å². The van der Waals surface area contributed by atoms with Gasteiger partial charge in [-0.1, -0.05) is 55.5 Å². The summed E-state index contributed by atoms with van der Waals surface area (Å²) in [4.78, 5) is 27.6. The molecule has 0 spiro atoms. The monoisotopic (exact) mass is 364 g/mol. The smallest absolute Gasteiger partial charge is 0.251 e. The van der Waals surface area contributed by atoms with Gasteiger partial charge in [0.25, 0.3) is 5.91 Å². The Balaban J connectivity index is 1.73. The molecule has 142 valence electrons. The highest BCUT2D eigenvalue weighted by atomic mass is 16.2. The summed E-state index contributed by atoms with van der Waals surface area (Å²) in [5.74, 6) is 0.627. The SMILES string of the molecule is CCCN(CC1CC1)C(=O)CC(NC(=O)c1ccccc1)c1ccccc1. The minimum atomic E-state index is -0.329. The third-order valence-electron chi connectivity index (χ3n) is 4.94. The minimum absolute atomic E-state index is 0.117. The lowest BCUT2D eigenvalue weighted by Crippen LogP contribution is -2.38. The highest BCUT2D eigenvalue weighted by Gasteiger charge is 2.28. The van der Waals surface area contributed by atoms with Gasteiger partial charge < -0.3 is 10.2 Å². The molecule has 1 unspecified atom stereocenters. The van der Waals surface area contributed by atoms with Gasteiger partial charge in [-0.2, -0.15) is 0 Å². The molecule has 1 saturated carbocycles. The largest absolute Gasteiger partial charge is 0.345 e. The van der Waals surface area contributed by atoms with Gasteiger partial charge in [0.15, 0.2) is 0 Å². The molecule has 4 nitrogen and oxygen atoms in total. The number of amides is 2. The maximum atomic E-state index is 13.0. The normalized spacial score (nSPS) is 14.4. The first kappa shape index (κ1) is 19.2. The number of benzene rings is 2. The number of rotatable bonds is 9. The van der Waals surface area contributed by atoms with E-state index in [-0.39, 0.29) is 24.3 Å². The van der Waals surface area contributed by atoms with Crippen LogP contribution in [0.4, 0.5) is 0 Å². The second-order valence-electron chi connectivity index (χ2n) is 7.29. The van der Waals surface area contributed by atoms with Crippen molar-refractivity contribution < 1.29 is 9.59 Å². The van der Waals surface area contributed by atoms with Gasteiger partial charge in [-0.05, 0) is 42.9 Å². The van der Waals surface area contributed by atoms with Gasteiger partial charge in [0.2, 0.25) is 5.91 Å². The molecule has 2 aromatic rings. The van der Waals surface area contributed by atoms with Crippen molar-refractivity contribution in [2.45, 2.75) is 38.6 Å². The Bertz CT molecular complexity index is 741. The Hall–Kier alpha value is -2.62. The molecule has 2 aromatic carbocycles. The first-order chi connectivity index (χ1) is 13.2. The van der Waals surface area contributed by atoms with Gasteiger partial charge in [-0.3, -0.25) is 9.59 Å². The van der Waals surface area contributed by atoms with Gasteiger partial charge in [0.05, 0.1) is 12.5 Å². The molecule has 0 bridgehead atoms.